The maximum absolute atomic E-state index is 7.40. The molecule has 0 aliphatic carbocycles. The molecule has 1 aromatic heterocycles. The number of rotatable bonds is 2. The second-order valence-electron chi connectivity index (χ2n) is 1.84. The Labute approximate surface area is 58.9 Å². The van der Waals surface area contributed by atoms with Gasteiger partial charge < -0.3 is 5.41 Å². The highest BCUT2D eigenvalue weighted by Crippen LogP contribution is 2.07. The highest BCUT2D eigenvalue weighted by molar-refractivity contribution is 7.08. The van der Waals surface area contributed by atoms with Crippen LogP contribution in [0.3, 0.4) is 0 Å². The molecule has 2 heteroatoms. The summed E-state index contributed by atoms with van der Waals surface area (Å²) in [6.45, 7) is 2.00. The summed E-state index contributed by atoms with van der Waals surface area (Å²) in [5.74, 6) is 0. The average molecular weight is 139 g/mol. The van der Waals surface area contributed by atoms with Gasteiger partial charge in [-0.15, -0.1) is 0 Å². The fourth-order valence-electron chi connectivity index (χ4n) is 0.640. The zero-order valence-corrected chi connectivity index (χ0v) is 6.16. The Hall–Kier alpha value is -0.630. The number of thiophene rings is 1. The van der Waals surface area contributed by atoms with Crippen molar-refractivity contribution >= 4 is 17.0 Å². The molecular weight excluding hydrogens is 130 g/mol. The molecule has 0 unspecified atom stereocenters. The summed E-state index contributed by atoms with van der Waals surface area (Å²) in [5, 5.41) is 11.4. The minimum absolute atomic E-state index is 0.733. The zero-order valence-electron chi connectivity index (χ0n) is 5.35. The second-order valence-corrected chi connectivity index (χ2v) is 2.62. The summed E-state index contributed by atoms with van der Waals surface area (Å²) in [6, 6.07) is 1.98. The highest BCUT2D eigenvalue weighted by Gasteiger charge is 1.95. The Morgan fingerprint density at radius 2 is 2.56 bits per heavy atom. The Balaban J connectivity index is 2.77. The summed E-state index contributed by atoms with van der Waals surface area (Å²) in [6.07, 6.45) is 0.830. The van der Waals surface area contributed by atoms with Crippen LogP contribution >= 0.6 is 11.3 Å². The van der Waals surface area contributed by atoms with Gasteiger partial charge in [0.1, 0.15) is 0 Å². The number of hydrogen-bond acceptors (Lipinski definition) is 2. The van der Waals surface area contributed by atoms with E-state index in [2.05, 4.69) is 0 Å². The first-order valence-corrected chi connectivity index (χ1v) is 3.89. The predicted octanol–water partition coefficient (Wildman–Crippen LogP) is 2.53. The van der Waals surface area contributed by atoms with Crippen LogP contribution in [0, 0.1) is 5.41 Å². The van der Waals surface area contributed by atoms with Crippen LogP contribution in [0.2, 0.25) is 0 Å². The minimum atomic E-state index is 0.733. The van der Waals surface area contributed by atoms with Gasteiger partial charge in [0.05, 0.1) is 0 Å². The molecule has 48 valence electrons. The monoisotopic (exact) mass is 139 g/mol. The summed E-state index contributed by atoms with van der Waals surface area (Å²) < 4.78 is 0. The van der Waals surface area contributed by atoms with Crippen LogP contribution in [0.5, 0.6) is 0 Å². The molecule has 0 atom stereocenters. The molecule has 9 heavy (non-hydrogen) atoms. The van der Waals surface area contributed by atoms with Crippen molar-refractivity contribution in [3.8, 4) is 0 Å². The third-order valence-electron chi connectivity index (χ3n) is 1.22. The minimum Gasteiger partial charge on any atom is -0.305 e. The summed E-state index contributed by atoms with van der Waals surface area (Å²) in [4.78, 5) is 0. The molecule has 0 aliphatic rings. The Kier molecular flexibility index (Phi) is 2.01. The van der Waals surface area contributed by atoms with Gasteiger partial charge in [-0.05, 0) is 23.2 Å². The van der Waals surface area contributed by atoms with Gasteiger partial charge in [-0.2, -0.15) is 11.3 Å². The van der Waals surface area contributed by atoms with E-state index in [1.165, 1.54) is 0 Å². The lowest BCUT2D eigenvalue weighted by Gasteiger charge is -1.91. The Morgan fingerprint density at radius 1 is 1.78 bits per heavy atom. The van der Waals surface area contributed by atoms with Gasteiger partial charge in [0.25, 0.3) is 0 Å². The topological polar surface area (TPSA) is 23.9 Å². The third kappa shape index (κ3) is 1.39. The van der Waals surface area contributed by atoms with Gasteiger partial charge >= 0.3 is 0 Å². The molecule has 0 aromatic carbocycles. The second kappa shape index (κ2) is 2.78. The summed E-state index contributed by atoms with van der Waals surface area (Å²) in [7, 11) is 0. The van der Waals surface area contributed by atoms with Crippen molar-refractivity contribution in [3.63, 3.8) is 0 Å². The lowest BCUT2D eigenvalue weighted by molar-refractivity contribution is 1.24. The van der Waals surface area contributed by atoms with Crippen molar-refractivity contribution in [1.29, 1.82) is 5.41 Å². The molecule has 1 N–H and O–H groups in total. The maximum Gasteiger partial charge on any atom is 0.0391 e. The highest BCUT2D eigenvalue weighted by atomic mass is 32.1. The summed E-state index contributed by atoms with van der Waals surface area (Å²) >= 11 is 1.64. The quantitative estimate of drug-likeness (QED) is 0.609. The van der Waals surface area contributed by atoms with Crippen LogP contribution in [-0.2, 0) is 0 Å². The van der Waals surface area contributed by atoms with E-state index in [0.717, 1.165) is 17.7 Å². The molecule has 0 fully saturated rings. The smallest absolute Gasteiger partial charge is 0.0391 e. The maximum atomic E-state index is 7.40. The van der Waals surface area contributed by atoms with Gasteiger partial charge in [-0.1, -0.05) is 6.92 Å². The van der Waals surface area contributed by atoms with Gasteiger partial charge in [0, 0.05) is 11.3 Å². The van der Waals surface area contributed by atoms with Crippen LogP contribution in [-0.4, -0.2) is 5.71 Å². The van der Waals surface area contributed by atoms with E-state index in [4.69, 9.17) is 5.41 Å². The third-order valence-corrected chi connectivity index (χ3v) is 1.91. The molecule has 0 bridgehead atoms. The normalized spacial score (nSPS) is 9.44. The fraction of sp³-hybridized carbons (Fsp3) is 0.286. The molecule has 0 spiro atoms. The summed E-state index contributed by atoms with van der Waals surface area (Å²) in [5.41, 5.74) is 1.80. The van der Waals surface area contributed by atoms with Crippen molar-refractivity contribution < 1.29 is 0 Å². The number of hydrogen-bond donors (Lipinski definition) is 1. The van der Waals surface area contributed by atoms with Crippen LogP contribution in [0.1, 0.15) is 18.9 Å². The molecular formula is C7H9NS. The molecule has 0 saturated heterocycles. The predicted molar refractivity (Wildman–Crippen MR) is 41.4 cm³/mol. The Morgan fingerprint density at radius 3 is 3.00 bits per heavy atom. The molecule has 0 aliphatic heterocycles. The molecule has 0 saturated carbocycles. The van der Waals surface area contributed by atoms with E-state index in [-0.39, 0.29) is 0 Å². The lowest BCUT2D eigenvalue weighted by atomic mass is 10.2. The van der Waals surface area contributed by atoms with Crippen LogP contribution in [0.4, 0.5) is 0 Å². The van der Waals surface area contributed by atoms with Crippen molar-refractivity contribution in [3.05, 3.63) is 22.4 Å². The van der Waals surface area contributed by atoms with E-state index >= 15 is 0 Å². The van der Waals surface area contributed by atoms with Crippen LogP contribution < -0.4 is 0 Å². The van der Waals surface area contributed by atoms with Crippen molar-refractivity contribution in [2.24, 2.45) is 0 Å². The van der Waals surface area contributed by atoms with E-state index in [9.17, 15) is 0 Å². The first-order valence-electron chi connectivity index (χ1n) is 2.94. The molecule has 1 rings (SSSR count). The van der Waals surface area contributed by atoms with Gasteiger partial charge in [-0.25, -0.2) is 0 Å². The van der Waals surface area contributed by atoms with Crippen molar-refractivity contribution in [1.82, 2.24) is 0 Å². The Bertz CT molecular complexity index is 189. The molecule has 0 amide bonds. The molecule has 0 radical (unpaired) electrons. The van der Waals surface area contributed by atoms with E-state index < -0.39 is 0 Å². The molecule has 1 aromatic rings. The van der Waals surface area contributed by atoms with E-state index in [1.807, 2.05) is 23.8 Å². The van der Waals surface area contributed by atoms with E-state index in [1.54, 1.807) is 11.3 Å². The van der Waals surface area contributed by atoms with Crippen molar-refractivity contribution in [2.45, 2.75) is 13.3 Å². The SMILES string of the molecule is CCC(=N)c1ccsc1. The van der Waals surface area contributed by atoms with Crippen LogP contribution in [0.25, 0.3) is 0 Å². The van der Waals surface area contributed by atoms with E-state index in [0.29, 0.717) is 0 Å². The first kappa shape index (κ1) is 6.49. The average Bonchev–Trinajstić information content (AvgIpc) is 2.37. The zero-order chi connectivity index (χ0) is 6.69. The number of nitrogens with one attached hydrogen (secondary N) is 1. The van der Waals surface area contributed by atoms with Crippen LogP contribution in [0.15, 0.2) is 16.8 Å². The van der Waals surface area contributed by atoms with Gasteiger partial charge in [0.15, 0.2) is 0 Å². The largest absolute Gasteiger partial charge is 0.305 e. The van der Waals surface area contributed by atoms with Gasteiger partial charge in [-0.3, -0.25) is 0 Å². The molecule has 1 nitrogen and oxygen atoms in total. The van der Waals surface area contributed by atoms with Crippen molar-refractivity contribution in [2.75, 3.05) is 0 Å². The standard InChI is InChI=1S/C7H9NS/c1-2-7(8)6-3-4-9-5-6/h3-5,8H,2H2,1H3. The molecule has 1 heterocycles. The first-order chi connectivity index (χ1) is 4.34. The lowest BCUT2D eigenvalue weighted by Crippen LogP contribution is -1.91. The van der Waals surface area contributed by atoms with Gasteiger partial charge in [0.2, 0.25) is 0 Å². The fourth-order valence-corrected chi connectivity index (χ4v) is 1.31.